The summed E-state index contributed by atoms with van der Waals surface area (Å²) in [5.74, 6) is 1.17. The maximum Gasteiger partial charge on any atom is 0.410 e. The van der Waals surface area contributed by atoms with Crippen molar-refractivity contribution < 1.29 is 14.8 Å². The zero-order chi connectivity index (χ0) is 23.2. The number of anilines is 1. The van der Waals surface area contributed by atoms with Gasteiger partial charge in [0, 0.05) is 44.2 Å². The monoisotopic (exact) mass is 442 g/mol. The van der Waals surface area contributed by atoms with E-state index in [0.717, 1.165) is 29.9 Å². The van der Waals surface area contributed by atoms with Crippen LogP contribution in [0.25, 0.3) is 11.0 Å². The lowest BCUT2D eigenvalue weighted by atomic mass is 10.1. The maximum atomic E-state index is 12.6. The molecule has 9 nitrogen and oxygen atoms in total. The first-order chi connectivity index (χ1) is 15.0. The minimum absolute atomic E-state index is 0.138. The Balaban J connectivity index is 1.66. The molecule has 0 radical (unpaired) electrons. The van der Waals surface area contributed by atoms with Gasteiger partial charge in [0.1, 0.15) is 11.3 Å². The van der Waals surface area contributed by atoms with E-state index in [-0.39, 0.29) is 17.8 Å². The molecule has 2 aromatic rings. The van der Waals surface area contributed by atoms with Gasteiger partial charge in [-0.05, 0) is 47.1 Å². The van der Waals surface area contributed by atoms with Gasteiger partial charge in [-0.1, -0.05) is 11.6 Å². The molecule has 0 spiro atoms. The second-order valence-corrected chi connectivity index (χ2v) is 9.99. The molecule has 1 N–H and O–H groups in total. The summed E-state index contributed by atoms with van der Waals surface area (Å²) in [5, 5.41) is 21.6. The van der Waals surface area contributed by atoms with E-state index in [1.54, 1.807) is 17.0 Å². The van der Waals surface area contributed by atoms with Gasteiger partial charge in [-0.15, -0.1) is 0 Å². The van der Waals surface area contributed by atoms with Crippen molar-refractivity contribution in [2.24, 2.45) is 5.92 Å². The highest BCUT2D eigenvalue weighted by Gasteiger charge is 2.45. The highest BCUT2D eigenvalue weighted by Crippen LogP contribution is 2.37. The minimum Gasteiger partial charge on any atom is -0.628 e. The van der Waals surface area contributed by atoms with Crippen LogP contribution in [0.1, 0.15) is 41.0 Å². The summed E-state index contributed by atoms with van der Waals surface area (Å²) in [6.45, 7) is 12.4. The van der Waals surface area contributed by atoms with E-state index in [9.17, 15) is 15.2 Å². The molecule has 174 valence electrons. The van der Waals surface area contributed by atoms with Crippen molar-refractivity contribution in [3.05, 3.63) is 40.3 Å². The van der Waals surface area contributed by atoms with Crippen molar-refractivity contribution in [2.75, 3.05) is 24.5 Å². The highest BCUT2D eigenvalue weighted by molar-refractivity contribution is 5.81. The summed E-state index contributed by atoms with van der Waals surface area (Å²) < 4.78 is 7.64. The second-order valence-electron chi connectivity index (χ2n) is 9.99. The Morgan fingerprint density at radius 1 is 1.28 bits per heavy atom. The number of aromatic nitrogens is 2. The molecule has 2 atom stereocenters. The van der Waals surface area contributed by atoms with Gasteiger partial charge >= 0.3 is 6.09 Å². The number of amides is 1. The topological polar surface area (TPSA) is 101 Å². The molecular formula is C23H32N5O4-. The third-order valence-corrected chi connectivity index (χ3v) is 6.10. The van der Waals surface area contributed by atoms with Crippen LogP contribution in [0.2, 0.25) is 0 Å². The van der Waals surface area contributed by atoms with Gasteiger partial charge in [0.2, 0.25) is 5.95 Å². The molecule has 2 unspecified atom stereocenters. The predicted molar refractivity (Wildman–Crippen MR) is 124 cm³/mol. The fraction of sp³-hybridized carbons (Fsp3) is 0.565. The fourth-order valence-electron chi connectivity index (χ4n) is 4.60. The first-order valence-electron chi connectivity index (χ1n) is 11.1. The van der Waals surface area contributed by atoms with Crippen LogP contribution in [-0.4, -0.2) is 51.8 Å². The second kappa shape index (κ2) is 8.38. The third-order valence-electron chi connectivity index (χ3n) is 6.10. The van der Waals surface area contributed by atoms with E-state index >= 15 is 0 Å². The number of hydrogen-bond acceptors (Lipinski definition) is 6. The summed E-state index contributed by atoms with van der Waals surface area (Å²) in [6, 6.07) is 5.06. The van der Waals surface area contributed by atoms with Gasteiger partial charge < -0.3 is 34.7 Å². The van der Waals surface area contributed by atoms with Gasteiger partial charge in [-0.2, -0.15) is 0 Å². The standard InChI is InChI=1S/C23H32N5O4/c1-15(2)8-10-26-19-12-17(28(30)31)6-7-18(19)24-21(26)27-11-9-16-13-25(14-20(16)27)22(29)32-23(3,4)5/h6-8,12,16,20,28H,9-11,13-14H2,1-5H3/q-1. The van der Waals surface area contributed by atoms with Crippen molar-refractivity contribution >= 4 is 28.8 Å². The van der Waals surface area contributed by atoms with Crippen molar-refractivity contribution in [3.8, 4) is 0 Å². The van der Waals surface area contributed by atoms with E-state index in [4.69, 9.17) is 9.72 Å². The Hall–Kier alpha value is -2.62. The van der Waals surface area contributed by atoms with E-state index in [1.807, 2.05) is 34.6 Å². The van der Waals surface area contributed by atoms with Crippen molar-refractivity contribution in [1.82, 2.24) is 14.5 Å². The zero-order valence-corrected chi connectivity index (χ0v) is 19.4. The molecule has 2 fully saturated rings. The normalized spacial score (nSPS) is 20.9. The zero-order valence-electron chi connectivity index (χ0n) is 19.4. The van der Waals surface area contributed by atoms with Gasteiger partial charge in [0.15, 0.2) is 0 Å². The number of hydrogen-bond donors (Lipinski definition) is 1. The molecule has 1 aromatic heterocycles. The number of allylic oxidation sites excluding steroid dienone is 2. The summed E-state index contributed by atoms with van der Waals surface area (Å²) in [7, 11) is 0. The summed E-state index contributed by atoms with van der Waals surface area (Å²) in [6.07, 6.45) is 2.80. The molecule has 0 bridgehead atoms. The van der Waals surface area contributed by atoms with Crippen LogP contribution in [0.15, 0.2) is 29.8 Å². The molecule has 32 heavy (non-hydrogen) atoms. The van der Waals surface area contributed by atoms with Crippen molar-refractivity contribution in [1.29, 1.82) is 0 Å². The molecule has 0 aliphatic carbocycles. The molecule has 1 aromatic carbocycles. The molecule has 2 saturated heterocycles. The number of quaternary nitrogens is 1. The maximum absolute atomic E-state index is 12.6. The van der Waals surface area contributed by atoms with Gasteiger partial charge in [-0.3, -0.25) is 0 Å². The fourth-order valence-corrected chi connectivity index (χ4v) is 4.60. The Kier molecular flexibility index (Phi) is 5.91. The lowest BCUT2D eigenvalue weighted by molar-refractivity contribution is -0.715. The number of imidazole rings is 1. The van der Waals surface area contributed by atoms with Crippen LogP contribution in [0.4, 0.5) is 16.4 Å². The Labute approximate surface area is 188 Å². The Bertz CT molecular complexity index is 1030. The molecule has 0 saturated carbocycles. The van der Waals surface area contributed by atoms with Gasteiger partial charge in [0.25, 0.3) is 0 Å². The average Bonchev–Trinajstić information content (AvgIpc) is 3.36. The Morgan fingerprint density at radius 2 is 2.03 bits per heavy atom. The number of benzene rings is 1. The minimum atomic E-state index is -1.20. The molecule has 3 heterocycles. The quantitative estimate of drug-likeness (QED) is 0.577. The van der Waals surface area contributed by atoms with Crippen LogP contribution in [-0.2, 0) is 11.3 Å². The summed E-state index contributed by atoms with van der Waals surface area (Å²) in [4.78, 5) is 21.6. The van der Waals surface area contributed by atoms with Crippen LogP contribution in [0.5, 0.6) is 0 Å². The number of fused-ring (bicyclic) bond motifs is 2. The van der Waals surface area contributed by atoms with Gasteiger partial charge in [0.05, 0.1) is 17.1 Å². The number of nitrogens with one attached hydrogen (secondary N) is 1. The van der Waals surface area contributed by atoms with Crippen molar-refractivity contribution in [3.63, 3.8) is 0 Å². The summed E-state index contributed by atoms with van der Waals surface area (Å²) >= 11 is 0. The predicted octanol–water partition coefficient (Wildman–Crippen LogP) is 2.96. The first-order valence-corrected chi connectivity index (χ1v) is 11.1. The average molecular weight is 443 g/mol. The smallest absolute Gasteiger partial charge is 0.410 e. The van der Waals surface area contributed by atoms with E-state index in [2.05, 4.69) is 15.5 Å². The molecule has 9 heteroatoms. The number of rotatable bonds is 4. The third kappa shape index (κ3) is 4.46. The lowest BCUT2D eigenvalue weighted by Gasteiger charge is -2.28. The van der Waals surface area contributed by atoms with Crippen LogP contribution in [0.3, 0.4) is 0 Å². The van der Waals surface area contributed by atoms with Crippen molar-refractivity contribution in [2.45, 2.75) is 59.2 Å². The molecular weight excluding hydrogens is 410 g/mol. The number of likely N-dealkylation sites (tertiary alicyclic amines) is 1. The van der Waals surface area contributed by atoms with E-state index in [0.29, 0.717) is 25.6 Å². The van der Waals surface area contributed by atoms with Gasteiger partial charge in [-0.25, -0.2) is 9.78 Å². The highest BCUT2D eigenvalue weighted by atomic mass is 16.8. The number of nitrogens with zero attached hydrogens (tertiary/aromatic N) is 4. The van der Waals surface area contributed by atoms with Crippen LogP contribution in [0, 0.1) is 16.3 Å². The first kappa shape index (κ1) is 22.6. The molecule has 1 amide bonds. The SMILES string of the molecule is CC(C)=CCn1c(N2CCC3CN(C(=O)OC(C)(C)C)CC32)nc2ccc([NH+]([O-])[O-])cc21. The molecule has 4 rings (SSSR count). The van der Waals surface area contributed by atoms with Crippen LogP contribution < -0.4 is 10.1 Å². The molecule has 2 aliphatic heterocycles. The Morgan fingerprint density at radius 3 is 2.69 bits per heavy atom. The number of ether oxygens (including phenoxy) is 1. The van der Waals surface area contributed by atoms with E-state index < -0.39 is 10.8 Å². The van der Waals surface area contributed by atoms with E-state index in [1.165, 1.54) is 11.6 Å². The largest absolute Gasteiger partial charge is 0.628 e. The summed E-state index contributed by atoms with van der Waals surface area (Å²) in [5.41, 5.74) is 2.30. The number of carbonyl (C=O) groups is 1. The van der Waals surface area contributed by atoms with Crippen LogP contribution >= 0.6 is 0 Å². The number of carbonyl (C=O) groups excluding carboxylic acids is 1. The lowest BCUT2D eigenvalue weighted by Crippen LogP contribution is -2.96. The molecule has 2 aliphatic rings.